The molecule has 1 aliphatic heterocycles. The van der Waals surface area contributed by atoms with E-state index in [1.165, 1.54) is 4.31 Å². The molecule has 0 amide bonds. The third-order valence-electron chi connectivity index (χ3n) is 2.96. The zero-order chi connectivity index (χ0) is 12.6. The second kappa shape index (κ2) is 4.18. The summed E-state index contributed by atoms with van der Waals surface area (Å²) in [5.41, 5.74) is 2.74. The first-order valence-electron chi connectivity index (χ1n) is 5.69. The quantitative estimate of drug-likeness (QED) is 0.810. The summed E-state index contributed by atoms with van der Waals surface area (Å²) < 4.78 is 26.4. The largest absolute Gasteiger partial charge is 0.273 e. The fraction of sp³-hybridized carbons (Fsp3) is 0.385. The van der Waals surface area contributed by atoms with Crippen LogP contribution in [0, 0.1) is 20.8 Å². The molecule has 1 aromatic rings. The number of sulfonamides is 1. The Kier molecular flexibility index (Phi) is 3.00. The molecule has 17 heavy (non-hydrogen) atoms. The van der Waals surface area contributed by atoms with Crippen molar-refractivity contribution in [3.05, 3.63) is 41.1 Å². The van der Waals surface area contributed by atoms with Crippen LogP contribution in [0.3, 0.4) is 0 Å². The Morgan fingerprint density at radius 3 is 2.18 bits per heavy atom. The number of hydrogen-bond donors (Lipinski definition) is 0. The molecule has 0 saturated heterocycles. The fourth-order valence-electron chi connectivity index (χ4n) is 2.36. The Labute approximate surface area is 103 Å². The van der Waals surface area contributed by atoms with Gasteiger partial charge in [-0.25, -0.2) is 8.42 Å². The summed E-state index contributed by atoms with van der Waals surface area (Å²) in [6.07, 6.45) is 4.34. The van der Waals surface area contributed by atoms with Crippen LogP contribution in [-0.2, 0) is 10.0 Å². The first kappa shape index (κ1) is 12.2. The Morgan fingerprint density at radius 1 is 1.12 bits per heavy atom. The highest BCUT2D eigenvalue weighted by molar-refractivity contribution is 7.89. The molecular weight excluding hydrogens is 234 g/mol. The summed E-state index contributed by atoms with van der Waals surface area (Å²) in [6, 6.07) is 3.83. The minimum atomic E-state index is -3.37. The summed E-state index contributed by atoms with van der Waals surface area (Å²) in [5.74, 6) is 0. The topological polar surface area (TPSA) is 37.4 Å². The van der Waals surface area contributed by atoms with E-state index >= 15 is 0 Å². The Morgan fingerprint density at radius 2 is 1.71 bits per heavy atom. The van der Waals surface area contributed by atoms with Crippen LogP contribution in [-0.4, -0.2) is 19.3 Å². The van der Waals surface area contributed by atoms with Gasteiger partial charge in [0.1, 0.15) is 0 Å². The second-order valence-electron chi connectivity index (χ2n) is 4.52. The number of rotatable bonds is 2. The van der Waals surface area contributed by atoms with Crippen molar-refractivity contribution in [1.82, 2.24) is 4.31 Å². The zero-order valence-electron chi connectivity index (χ0n) is 10.4. The van der Waals surface area contributed by atoms with Gasteiger partial charge >= 0.3 is 0 Å². The van der Waals surface area contributed by atoms with E-state index < -0.39 is 10.0 Å². The van der Waals surface area contributed by atoms with Crippen LogP contribution in [0.2, 0.25) is 0 Å². The van der Waals surface area contributed by atoms with E-state index in [4.69, 9.17) is 0 Å². The van der Waals surface area contributed by atoms with Gasteiger partial charge in [0.15, 0.2) is 0 Å². The Bertz CT molecular complexity index is 550. The van der Waals surface area contributed by atoms with E-state index in [2.05, 4.69) is 0 Å². The van der Waals surface area contributed by atoms with Gasteiger partial charge in [-0.1, -0.05) is 23.8 Å². The van der Waals surface area contributed by atoms with Crippen LogP contribution >= 0.6 is 0 Å². The van der Waals surface area contributed by atoms with Crippen LogP contribution in [0.1, 0.15) is 23.1 Å². The summed E-state index contributed by atoms with van der Waals surface area (Å²) in [6.45, 7) is 6.24. The highest BCUT2D eigenvalue weighted by Gasteiger charge is 2.26. The molecule has 0 fully saturated rings. The molecule has 0 saturated carbocycles. The van der Waals surface area contributed by atoms with Crippen molar-refractivity contribution in [2.24, 2.45) is 0 Å². The molecule has 0 bridgehead atoms. The Balaban J connectivity index is 2.57. The SMILES string of the molecule is Cc1cc(C)c(S(=O)(=O)N2C=CCC2)c(C)c1. The average molecular weight is 251 g/mol. The molecule has 1 heterocycles. The number of nitrogens with zero attached hydrogens (tertiary/aromatic N) is 1. The summed E-state index contributed by atoms with van der Waals surface area (Å²) in [7, 11) is -3.37. The van der Waals surface area contributed by atoms with Crippen LogP contribution in [0.4, 0.5) is 0 Å². The van der Waals surface area contributed by atoms with E-state index in [1.807, 2.05) is 39.0 Å². The number of hydrogen-bond acceptors (Lipinski definition) is 2. The van der Waals surface area contributed by atoms with E-state index in [0.29, 0.717) is 11.4 Å². The molecule has 0 aliphatic carbocycles. The van der Waals surface area contributed by atoms with Crippen molar-refractivity contribution < 1.29 is 8.42 Å². The van der Waals surface area contributed by atoms with Gasteiger partial charge in [-0.2, -0.15) is 0 Å². The van der Waals surface area contributed by atoms with Gasteiger partial charge in [0, 0.05) is 12.7 Å². The molecule has 1 aliphatic rings. The van der Waals surface area contributed by atoms with E-state index in [1.54, 1.807) is 6.20 Å². The fourth-order valence-corrected chi connectivity index (χ4v) is 4.12. The highest BCUT2D eigenvalue weighted by atomic mass is 32.2. The van der Waals surface area contributed by atoms with E-state index in [-0.39, 0.29) is 0 Å². The first-order valence-corrected chi connectivity index (χ1v) is 7.13. The molecule has 0 atom stereocenters. The number of aryl methyl sites for hydroxylation is 3. The third kappa shape index (κ3) is 2.09. The van der Waals surface area contributed by atoms with Crippen molar-refractivity contribution in [2.75, 3.05) is 6.54 Å². The van der Waals surface area contributed by atoms with Gasteiger partial charge in [-0.3, -0.25) is 4.31 Å². The molecule has 4 heteroatoms. The molecule has 0 unspecified atom stereocenters. The summed E-state index contributed by atoms with van der Waals surface area (Å²) in [4.78, 5) is 0.453. The monoisotopic (exact) mass is 251 g/mol. The smallest absolute Gasteiger partial charge is 0.264 e. The van der Waals surface area contributed by atoms with Crippen molar-refractivity contribution in [3.63, 3.8) is 0 Å². The molecule has 0 spiro atoms. The standard InChI is InChI=1S/C13H17NO2S/c1-10-8-11(2)13(12(3)9-10)17(15,16)14-6-4-5-7-14/h4,6,8-9H,5,7H2,1-3H3. The van der Waals surface area contributed by atoms with E-state index in [0.717, 1.165) is 23.1 Å². The predicted octanol–water partition coefficient (Wildman–Crippen LogP) is 2.52. The Hall–Kier alpha value is -1.29. The molecule has 1 aromatic carbocycles. The summed E-state index contributed by atoms with van der Waals surface area (Å²) in [5, 5.41) is 0. The lowest BCUT2D eigenvalue weighted by molar-refractivity contribution is 0.515. The van der Waals surface area contributed by atoms with Crippen molar-refractivity contribution in [2.45, 2.75) is 32.1 Å². The molecule has 0 radical (unpaired) electrons. The minimum absolute atomic E-state index is 0.453. The van der Waals surface area contributed by atoms with Gasteiger partial charge in [0.25, 0.3) is 10.0 Å². The second-order valence-corrected chi connectivity index (χ2v) is 6.34. The lowest BCUT2D eigenvalue weighted by Gasteiger charge is -2.19. The molecule has 0 N–H and O–H groups in total. The van der Waals surface area contributed by atoms with Crippen molar-refractivity contribution in [3.8, 4) is 0 Å². The van der Waals surface area contributed by atoms with Gasteiger partial charge in [-0.05, 0) is 38.3 Å². The van der Waals surface area contributed by atoms with Crippen LogP contribution in [0.15, 0.2) is 29.3 Å². The van der Waals surface area contributed by atoms with Gasteiger partial charge < -0.3 is 0 Å². The molecule has 0 aromatic heterocycles. The van der Waals surface area contributed by atoms with Crippen molar-refractivity contribution >= 4 is 10.0 Å². The number of benzene rings is 1. The van der Waals surface area contributed by atoms with Gasteiger partial charge in [-0.15, -0.1) is 0 Å². The zero-order valence-corrected chi connectivity index (χ0v) is 11.2. The highest BCUT2D eigenvalue weighted by Crippen LogP contribution is 2.26. The first-order chi connectivity index (χ1) is 7.93. The predicted molar refractivity (Wildman–Crippen MR) is 68.3 cm³/mol. The van der Waals surface area contributed by atoms with Crippen LogP contribution < -0.4 is 0 Å². The molecule has 92 valence electrons. The molecule has 2 rings (SSSR count). The average Bonchev–Trinajstić information content (AvgIpc) is 2.67. The summed E-state index contributed by atoms with van der Waals surface area (Å²) >= 11 is 0. The van der Waals surface area contributed by atoms with E-state index in [9.17, 15) is 8.42 Å². The molecular formula is C13H17NO2S. The maximum Gasteiger partial charge on any atom is 0.264 e. The third-order valence-corrected chi connectivity index (χ3v) is 5.04. The maximum atomic E-state index is 12.5. The van der Waals surface area contributed by atoms with Crippen LogP contribution in [0.25, 0.3) is 0 Å². The van der Waals surface area contributed by atoms with Crippen LogP contribution in [0.5, 0.6) is 0 Å². The normalized spacial score (nSPS) is 15.6. The maximum absolute atomic E-state index is 12.5. The lowest BCUT2D eigenvalue weighted by atomic mass is 10.1. The van der Waals surface area contributed by atoms with Crippen molar-refractivity contribution in [1.29, 1.82) is 0 Å². The van der Waals surface area contributed by atoms with Gasteiger partial charge in [0.05, 0.1) is 4.90 Å². The molecule has 3 nitrogen and oxygen atoms in total. The minimum Gasteiger partial charge on any atom is -0.273 e. The lowest BCUT2D eigenvalue weighted by Crippen LogP contribution is -2.25. The van der Waals surface area contributed by atoms with Gasteiger partial charge in [0.2, 0.25) is 0 Å².